The number of rotatable bonds is 2. The number of carbonyl (C=O) groups is 1. The van der Waals surface area contributed by atoms with Crippen LogP contribution in [0.15, 0.2) is 72.2 Å². The highest BCUT2D eigenvalue weighted by atomic mass is 19.1. The van der Waals surface area contributed by atoms with Crippen LogP contribution in [0.1, 0.15) is 35.9 Å². The Morgan fingerprint density at radius 3 is 2.56 bits per heavy atom. The molecular formula is C21H17FN4O. The first kappa shape index (κ1) is 15.9. The van der Waals surface area contributed by atoms with Crippen LogP contribution in [0, 0.1) is 5.82 Å². The van der Waals surface area contributed by atoms with Gasteiger partial charge in [-0.05, 0) is 35.6 Å². The lowest BCUT2D eigenvalue weighted by Crippen LogP contribution is -2.33. The number of hydrogen-bond donors (Lipinski definition) is 1. The first-order valence-electron chi connectivity index (χ1n) is 8.94. The van der Waals surface area contributed by atoms with Crippen molar-refractivity contribution in [1.29, 1.82) is 0 Å². The van der Waals surface area contributed by atoms with Crippen molar-refractivity contribution < 1.29 is 9.18 Å². The third-order valence-corrected chi connectivity index (χ3v) is 5.32. The maximum absolute atomic E-state index is 13.4. The van der Waals surface area contributed by atoms with Crippen LogP contribution in [0.4, 0.5) is 10.3 Å². The Hall–Kier alpha value is -3.28. The zero-order valence-electron chi connectivity index (χ0n) is 14.5. The predicted molar refractivity (Wildman–Crippen MR) is 98.6 cm³/mol. The van der Waals surface area contributed by atoms with Crippen molar-refractivity contribution in [1.82, 2.24) is 14.8 Å². The molecule has 27 heavy (non-hydrogen) atoms. The molecule has 0 radical (unpaired) electrons. The van der Waals surface area contributed by atoms with Gasteiger partial charge in [0.25, 0.3) is 0 Å². The molecule has 2 aromatic carbocycles. The zero-order valence-corrected chi connectivity index (χ0v) is 14.5. The molecule has 0 amide bonds. The van der Waals surface area contributed by atoms with E-state index < -0.39 is 0 Å². The van der Waals surface area contributed by atoms with Crippen LogP contribution in [-0.4, -0.2) is 20.5 Å². The highest BCUT2D eigenvalue weighted by Gasteiger charge is 2.39. The number of allylic oxidation sites excluding steroid dienone is 2. The first-order valence-corrected chi connectivity index (χ1v) is 8.94. The lowest BCUT2D eigenvalue weighted by atomic mass is 9.78. The quantitative estimate of drug-likeness (QED) is 0.754. The van der Waals surface area contributed by atoms with Crippen molar-refractivity contribution in [3.63, 3.8) is 0 Å². The fraction of sp³-hybridized carbons (Fsp3) is 0.190. The molecule has 0 unspecified atom stereocenters. The summed E-state index contributed by atoms with van der Waals surface area (Å²) in [7, 11) is 0. The summed E-state index contributed by atoms with van der Waals surface area (Å²) in [5.74, 6) is 0.519. The van der Waals surface area contributed by atoms with Gasteiger partial charge < -0.3 is 5.32 Å². The lowest BCUT2D eigenvalue weighted by Gasteiger charge is -2.35. The zero-order chi connectivity index (χ0) is 18.4. The number of carbonyl (C=O) groups excluding carboxylic acids is 1. The normalized spacial score (nSPS) is 21.4. The monoisotopic (exact) mass is 360 g/mol. The van der Waals surface area contributed by atoms with E-state index in [1.165, 1.54) is 18.5 Å². The second-order valence-corrected chi connectivity index (χ2v) is 6.94. The molecule has 5 nitrogen and oxygen atoms in total. The van der Waals surface area contributed by atoms with Crippen molar-refractivity contribution in [2.75, 3.05) is 5.32 Å². The van der Waals surface area contributed by atoms with Gasteiger partial charge >= 0.3 is 0 Å². The minimum absolute atomic E-state index is 0.0908. The van der Waals surface area contributed by atoms with Gasteiger partial charge in [0.05, 0.1) is 0 Å². The Morgan fingerprint density at radius 2 is 1.78 bits per heavy atom. The fourth-order valence-electron chi connectivity index (χ4n) is 4.07. The summed E-state index contributed by atoms with van der Waals surface area (Å²) in [6, 6.07) is 15.9. The third kappa shape index (κ3) is 2.65. The number of hydrogen-bond acceptors (Lipinski definition) is 4. The molecular weight excluding hydrogens is 343 g/mol. The molecule has 1 aromatic heterocycles. The van der Waals surface area contributed by atoms with Crippen LogP contribution in [0.2, 0.25) is 0 Å². The molecule has 0 fully saturated rings. The highest BCUT2D eigenvalue weighted by molar-refractivity contribution is 6.00. The summed E-state index contributed by atoms with van der Waals surface area (Å²) in [5.41, 5.74) is 3.56. The largest absolute Gasteiger partial charge is 0.328 e. The van der Waals surface area contributed by atoms with Gasteiger partial charge in [0.2, 0.25) is 5.95 Å². The number of nitrogens with one attached hydrogen (secondary N) is 1. The van der Waals surface area contributed by atoms with E-state index in [4.69, 9.17) is 0 Å². The van der Waals surface area contributed by atoms with Crippen LogP contribution in [-0.2, 0) is 4.79 Å². The Bertz CT molecular complexity index is 1040. The van der Waals surface area contributed by atoms with E-state index in [9.17, 15) is 9.18 Å². The van der Waals surface area contributed by atoms with E-state index in [0.717, 1.165) is 23.2 Å². The number of ketones is 1. The van der Waals surface area contributed by atoms with E-state index in [2.05, 4.69) is 27.5 Å². The van der Waals surface area contributed by atoms with Gasteiger partial charge in [0, 0.05) is 17.7 Å². The summed E-state index contributed by atoms with van der Waals surface area (Å²) in [4.78, 5) is 17.4. The van der Waals surface area contributed by atoms with Crippen molar-refractivity contribution in [2.45, 2.75) is 24.8 Å². The van der Waals surface area contributed by atoms with Gasteiger partial charge in [-0.3, -0.25) is 4.79 Å². The first-order chi connectivity index (χ1) is 13.2. The number of Topliss-reactive ketones (excluding diaryl/α,β-unsaturated/α-hetero) is 1. The van der Waals surface area contributed by atoms with Crippen molar-refractivity contribution >= 4 is 11.7 Å². The second kappa shape index (κ2) is 6.16. The molecule has 0 spiro atoms. The average molecular weight is 360 g/mol. The molecule has 134 valence electrons. The Balaban J connectivity index is 1.60. The topological polar surface area (TPSA) is 59.8 Å². The summed E-state index contributed by atoms with van der Waals surface area (Å²) < 4.78 is 15.1. The molecule has 0 saturated carbocycles. The average Bonchev–Trinajstić information content (AvgIpc) is 3.16. The third-order valence-electron chi connectivity index (χ3n) is 5.32. The fourth-order valence-corrected chi connectivity index (χ4v) is 4.07. The molecule has 1 aliphatic carbocycles. The summed E-state index contributed by atoms with van der Waals surface area (Å²) in [6.07, 6.45) is 2.65. The number of nitrogens with zero attached hydrogens (tertiary/aromatic N) is 3. The van der Waals surface area contributed by atoms with E-state index in [1.54, 1.807) is 16.8 Å². The summed E-state index contributed by atoms with van der Waals surface area (Å²) >= 11 is 0. The molecule has 2 aliphatic rings. The van der Waals surface area contributed by atoms with Crippen LogP contribution in [0.3, 0.4) is 0 Å². The number of halogens is 1. The maximum Gasteiger partial charge on any atom is 0.226 e. The number of benzene rings is 2. The SMILES string of the molecule is O=C1C[C@H](c2ccccc2)CC2=C1[C@@H](c1ccc(F)cc1)n1ncnc1N2. The minimum atomic E-state index is -0.386. The van der Waals surface area contributed by atoms with E-state index in [1.807, 2.05) is 18.2 Å². The number of aromatic nitrogens is 3. The van der Waals surface area contributed by atoms with Gasteiger partial charge in [-0.25, -0.2) is 9.07 Å². The smallest absolute Gasteiger partial charge is 0.226 e. The maximum atomic E-state index is 13.4. The lowest BCUT2D eigenvalue weighted by molar-refractivity contribution is -0.116. The highest BCUT2D eigenvalue weighted by Crippen LogP contribution is 2.43. The van der Waals surface area contributed by atoms with E-state index >= 15 is 0 Å². The molecule has 0 bridgehead atoms. The van der Waals surface area contributed by atoms with Crippen LogP contribution in [0.5, 0.6) is 0 Å². The Labute approximate surface area is 155 Å². The Morgan fingerprint density at radius 1 is 1.00 bits per heavy atom. The van der Waals surface area contributed by atoms with E-state index in [0.29, 0.717) is 17.9 Å². The minimum Gasteiger partial charge on any atom is -0.328 e. The van der Waals surface area contributed by atoms with Crippen molar-refractivity contribution in [2.24, 2.45) is 0 Å². The van der Waals surface area contributed by atoms with Crippen LogP contribution < -0.4 is 5.32 Å². The summed E-state index contributed by atoms with van der Waals surface area (Å²) in [6.45, 7) is 0. The van der Waals surface area contributed by atoms with Crippen molar-refractivity contribution in [3.05, 3.63) is 89.1 Å². The van der Waals surface area contributed by atoms with Crippen molar-refractivity contribution in [3.8, 4) is 0 Å². The molecule has 6 heteroatoms. The molecule has 5 rings (SSSR count). The molecule has 1 N–H and O–H groups in total. The molecule has 0 saturated heterocycles. The van der Waals surface area contributed by atoms with Gasteiger partial charge in [-0.1, -0.05) is 42.5 Å². The van der Waals surface area contributed by atoms with Crippen LogP contribution >= 0.6 is 0 Å². The van der Waals surface area contributed by atoms with Gasteiger partial charge in [-0.15, -0.1) is 0 Å². The van der Waals surface area contributed by atoms with Gasteiger partial charge in [0.1, 0.15) is 18.2 Å². The summed E-state index contributed by atoms with van der Waals surface area (Å²) in [5, 5.41) is 7.60. The van der Waals surface area contributed by atoms with Crippen LogP contribution in [0.25, 0.3) is 0 Å². The molecule has 2 atom stereocenters. The Kier molecular flexibility index (Phi) is 3.63. The van der Waals surface area contributed by atoms with Gasteiger partial charge in [0.15, 0.2) is 5.78 Å². The molecule has 1 aliphatic heterocycles. The molecule has 3 aromatic rings. The number of fused-ring (bicyclic) bond motifs is 1. The number of anilines is 1. The second-order valence-electron chi connectivity index (χ2n) is 6.94. The van der Waals surface area contributed by atoms with E-state index in [-0.39, 0.29) is 23.6 Å². The molecule has 2 heterocycles. The predicted octanol–water partition coefficient (Wildman–Crippen LogP) is 3.83. The van der Waals surface area contributed by atoms with Gasteiger partial charge in [-0.2, -0.15) is 10.1 Å². The standard InChI is InChI=1S/C21H17FN4O/c22-16-8-6-14(7-9-16)20-19-17(25-21-23-12-24-26(20)21)10-15(11-18(19)27)13-4-2-1-3-5-13/h1-9,12,15,20H,10-11H2,(H,23,24,25)/t15-,20-/m1/s1.